The van der Waals surface area contributed by atoms with Gasteiger partial charge in [0.05, 0.1) is 0 Å². The highest BCUT2D eigenvalue weighted by atomic mass is 32.2. The first-order valence-corrected chi connectivity index (χ1v) is 5.83. The molecule has 0 saturated heterocycles. The average Bonchev–Trinajstić information content (AvgIpc) is 2.12. The number of anilines is 1. The molecule has 0 aromatic heterocycles. The van der Waals surface area contributed by atoms with Crippen molar-refractivity contribution in [3.63, 3.8) is 0 Å². The van der Waals surface area contributed by atoms with E-state index < -0.39 is 15.6 Å². The summed E-state index contributed by atoms with van der Waals surface area (Å²) in [5, 5.41) is 0. The zero-order valence-electron chi connectivity index (χ0n) is 9.00. The van der Waals surface area contributed by atoms with Crippen molar-refractivity contribution in [2.75, 3.05) is 5.73 Å². The summed E-state index contributed by atoms with van der Waals surface area (Å²) in [6.07, 6.45) is 0. The first kappa shape index (κ1) is 13.6. The molecule has 0 unspecified atom stereocenters. The van der Waals surface area contributed by atoms with Gasteiger partial charge in [-0.3, -0.25) is 0 Å². The van der Waals surface area contributed by atoms with E-state index in [0.717, 1.165) is 6.07 Å². The number of nitrogen functional groups attached to an aromatic ring is 1. The Morgan fingerprint density at radius 1 is 1.18 bits per heavy atom. The van der Waals surface area contributed by atoms with E-state index in [9.17, 15) is 21.6 Å². The maximum Gasteiger partial charge on any atom is 0.534 e. The van der Waals surface area contributed by atoms with E-state index in [0.29, 0.717) is 11.3 Å². The summed E-state index contributed by atoms with van der Waals surface area (Å²) in [6, 6.07) is 2.49. The summed E-state index contributed by atoms with van der Waals surface area (Å²) in [4.78, 5) is 0. The first-order valence-electron chi connectivity index (χ1n) is 4.42. The van der Waals surface area contributed by atoms with Gasteiger partial charge in [0.1, 0.15) is 5.75 Å². The Balaban J connectivity index is 3.18. The minimum absolute atomic E-state index is 0.209. The van der Waals surface area contributed by atoms with Crippen molar-refractivity contribution in [3.8, 4) is 5.75 Å². The van der Waals surface area contributed by atoms with Crippen molar-refractivity contribution in [2.45, 2.75) is 19.4 Å². The van der Waals surface area contributed by atoms with Gasteiger partial charge in [0.25, 0.3) is 0 Å². The summed E-state index contributed by atoms with van der Waals surface area (Å²) in [6.45, 7) is 2.93. The van der Waals surface area contributed by atoms with Crippen molar-refractivity contribution in [2.24, 2.45) is 0 Å². The second-order valence-electron chi connectivity index (χ2n) is 3.46. The maximum absolute atomic E-state index is 12.1. The fourth-order valence-electron chi connectivity index (χ4n) is 1.07. The van der Waals surface area contributed by atoms with Crippen molar-refractivity contribution < 1.29 is 25.8 Å². The monoisotopic (exact) mass is 269 g/mol. The standard InChI is InChI=1S/C9H10F3NO3S/c1-5-4-8(6(2)3-7(5)13)16-17(14,15)9(10,11)12/h3-4H,13H2,1-2H3. The van der Waals surface area contributed by atoms with Crippen LogP contribution in [0, 0.1) is 13.8 Å². The van der Waals surface area contributed by atoms with Gasteiger partial charge in [-0.15, -0.1) is 0 Å². The van der Waals surface area contributed by atoms with Crippen molar-refractivity contribution in [1.82, 2.24) is 0 Å². The molecule has 17 heavy (non-hydrogen) atoms. The molecule has 1 aromatic rings. The lowest BCUT2D eigenvalue weighted by Crippen LogP contribution is -2.28. The average molecular weight is 269 g/mol. The number of halogens is 3. The van der Waals surface area contributed by atoms with Crippen molar-refractivity contribution in [1.29, 1.82) is 0 Å². The number of rotatable bonds is 2. The molecule has 0 radical (unpaired) electrons. The molecule has 0 heterocycles. The van der Waals surface area contributed by atoms with Crippen LogP contribution in [0.15, 0.2) is 12.1 Å². The second kappa shape index (κ2) is 4.10. The predicted molar refractivity (Wildman–Crippen MR) is 55.9 cm³/mol. The number of aryl methyl sites for hydroxylation is 2. The third-order valence-corrected chi connectivity index (χ3v) is 3.01. The lowest BCUT2D eigenvalue weighted by molar-refractivity contribution is -0.0500. The highest BCUT2D eigenvalue weighted by molar-refractivity contribution is 7.88. The fraction of sp³-hybridized carbons (Fsp3) is 0.333. The third kappa shape index (κ3) is 2.82. The van der Waals surface area contributed by atoms with Crippen molar-refractivity contribution >= 4 is 15.8 Å². The van der Waals surface area contributed by atoms with Crippen LogP contribution >= 0.6 is 0 Å². The van der Waals surface area contributed by atoms with Crippen LogP contribution in [0.3, 0.4) is 0 Å². The Morgan fingerprint density at radius 3 is 2.18 bits per heavy atom. The second-order valence-corrected chi connectivity index (χ2v) is 5.00. The molecule has 1 rings (SSSR count). The first-order chi connectivity index (χ1) is 7.54. The highest BCUT2D eigenvalue weighted by Gasteiger charge is 2.48. The van der Waals surface area contributed by atoms with Crippen LogP contribution < -0.4 is 9.92 Å². The minimum atomic E-state index is -5.64. The fourth-order valence-corrected chi connectivity index (χ4v) is 1.58. The number of nitrogens with two attached hydrogens (primary N) is 1. The van der Waals surface area contributed by atoms with Crippen LogP contribution in [0.1, 0.15) is 11.1 Å². The van der Waals surface area contributed by atoms with Crippen LogP contribution in [-0.2, 0) is 10.1 Å². The lowest BCUT2D eigenvalue weighted by Gasteiger charge is -2.12. The molecular weight excluding hydrogens is 259 g/mol. The molecule has 0 aliphatic carbocycles. The van der Waals surface area contributed by atoms with Gasteiger partial charge < -0.3 is 9.92 Å². The molecule has 0 aliphatic rings. The molecule has 0 atom stereocenters. The Labute approximate surface area is 96.3 Å². The quantitative estimate of drug-likeness (QED) is 0.507. The van der Waals surface area contributed by atoms with Crippen LogP contribution in [0.4, 0.5) is 18.9 Å². The number of hydrogen-bond acceptors (Lipinski definition) is 4. The molecular formula is C9H10F3NO3S. The van der Waals surface area contributed by atoms with E-state index in [4.69, 9.17) is 5.73 Å². The maximum atomic E-state index is 12.1. The summed E-state index contributed by atoms with van der Waals surface area (Å²) in [7, 11) is -5.64. The van der Waals surface area contributed by atoms with Crippen LogP contribution in [-0.4, -0.2) is 13.9 Å². The molecule has 0 saturated carbocycles. The molecule has 1 aromatic carbocycles. The zero-order valence-corrected chi connectivity index (χ0v) is 9.82. The van der Waals surface area contributed by atoms with Gasteiger partial charge in [0.15, 0.2) is 0 Å². The van der Waals surface area contributed by atoms with Crippen LogP contribution in [0.25, 0.3) is 0 Å². The molecule has 0 aliphatic heterocycles. The normalized spacial score (nSPS) is 12.5. The SMILES string of the molecule is Cc1cc(OS(=O)(=O)C(F)(F)F)c(C)cc1N. The van der Waals surface area contributed by atoms with Gasteiger partial charge in [-0.05, 0) is 37.1 Å². The van der Waals surface area contributed by atoms with Gasteiger partial charge >= 0.3 is 15.6 Å². The van der Waals surface area contributed by atoms with E-state index in [1.54, 1.807) is 0 Å². The van der Waals surface area contributed by atoms with Gasteiger partial charge in [0.2, 0.25) is 0 Å². The molecule has 96 valence electrons. The summed E-state index contributed by atoms with van der Waals surface area (Å²) < 4.78 is 61.9. The summed E-state index contributed by atoms with van der Waals surface area (Å²) in [5.74, 6) is -0.381. The van der Waals surface area contributed by atoms with Gasteiger partial charge in [-0.2, -0.15) is 21.6 Å². The number of benzene rings is 1. The topological polar surface area (TPSA) is 69.4 Å². The van der Waals surface area contributed by atoms with E-state index in [1.165, 1.54) is 19.9 Å². The van der Waals surface area contributed by atoms with Crippen molar-refractivity contribution in [3.05, 3.63) is 23.3 Å². The van der Waals surface area contributed by atoms with Gasteiger partial charge in [-0.1, -0.05) is 0 Å². The van der Waals surface area contributed by atoms with E-state index >= 15 is 0 Å². The Hall–Kier alpha value is -1.44. The van der Waals surface area contributed by atoms with Gasteiger partial charge in [-0.25, -0.2) is 0 Å². The molecule has 4 nitrogen and oxygen atoms in total. The Bertz CT molecular complexity index is 537. The minimum Gasteiger partial charge on any atom is -0.399 e. The van der Waals surface area contributed by atoms with Crippen LogP contribution in [0.2, 0.25) is 0 Å². The number of alkyl halides is 3. The van der Waals surface area contributed by atoms with E-state index in [-0.39, 0.29) is 11.3 Å². The predicted octanol–water partition coefficient (Wildman–Crippen LogP) is 2.11. The smallest absolute Gasteiger partial charge is 0.399 e. The largest absolute Gasteiger partial charge is 0.534 e. The Morgan fingerprint density at radius 2 is 1.71 bits per heavy atom. The molecule has 8 heteroatoms. The van der Waals surface area contributed by atoms with E-state index in [1.807, 2.05) is 0 Å². The third-order valence-electron chi connectivity index (χ3n) is 2.05. The highest BCUT2D eigenvalue weighted by Crippen LogP contribution is 2.30. The molecule has 0 spiro atoms. The lowest BCUT2D eigenvalue weighted by atomic mass is 10.1. The Kier molecular flexibility index (Phi) is 3.28. The molecule has 0 fully saturated rings. The molecule has 2 N–H and O–H groups in total. The van der Waals surface area contributed by atoms with Gasteiger partial charge in [0, 0.05) is 5.69 Å². The number of hydrogen-bond donors (Lipinski definition) is 1. The zero-order chi connectivity index (χ0) is 13.4. The summed E-state index contributed by atoms with van der Waals surface area (Å²) >= 11 is 0. The van der Waals surface area contributed by atoms with Crippen LogP contribution in [0.5, 0.6) is 5.75 Å². The molecule has 0 amide bonds. The summed E-state index contributed by atoms with van der Waals surface area (Å²) in [5.41, 5.74) is 1.05. The van der Waals surface area contributed by atoms with E-state index in [2.05, 4.69) is 4.18 Å². The molecule has 0 bridgehead atoms.